The molecule has 2 N–H and O–H groups in total. The van der Waals surface area contributed by atoms with Crippen molar-refractivity contribution in [1.82, 2.24) is 10.2 Å². The van der Waals surface area contributed by atoms with Crippen molar-refractivity contribution in [3.63, 3.8) is 0 Å². The van der Waals surface area contributed by atoms with Crippen molar-refractivity contribution in [1.29, 1.82) is 0 Å². The summed E-state index contributed by atoms with van der Waals surface area (Å²) in [5.74, 6) is -0.796. The largest absolute Gasteiger partial charge is 0.478 e. The third kappa shape index (κ3) is 2.93. The van der Waals surface area contributed by atoms with Gasteiger partial charge in [0, 0.05) is 19.1 Å². The number of nitrogens with one attached hydrogen (secondary N) is 1. The molecule has 0 bridgehead atoms. The highest BCUT2D eigenvalue weighted by Crippen LogP contribution is 2.25. The highest BCUT2D eigenvalue weighted by atomic mass is 16.4. The topological polar surface area (TPSA) is 69.6 Å². The summed E-state index contributed by atoms with van der Waals surface area (Å²) >= 11 is 0. The van der Waals surface area contributed by atoms with Crippen LogP contribution in [-0.2, 0) is 17.8 Å². The first kappa shape index (κ1) is 14.1. The molecule has 1 aliphatic carbocycles. The fourth-order valence-electron chi connectivity index (χ4n) is 2.88. The van der Waals surface area contributed by atoms with Gasteiger partial charge in [0.05, 0.1) is 11.6 Å². The molecule has 21 heavy (non-hydrogen) atoms. The molecule has 2 aliphatic rings. The first-order valence-electron chi connectivity index (χ1n) is 7.44. The van der Waals surface area contributed by atoms with Gasteiger partial charge in [0.2, 0.25) is 5.91 Å². The van der Waals surface area contributed by atoms with E-state index in [-0.39, 0.29) is 11.9 Å². The third-order valence-corrected chi connectivity index (χ3v) is 4.38. The molecule has 1 amide bonds. The monoisotopic (exact) mass is 288 g/mol. The van der Waals surface area contributed by atoms with E-state index < -0.39 is 5.97 Å². The number of amides is 1. The van der Waals surface area contributed by atoms with Crippen LogP contribution >= 0.6 is 0 Å². The molecule has 5 nitrogen and oxygen atoms in total. The summed E-state index contributed by atoms with van der Waals surface area (Å²) in [7, 11) is 0. The van der Waals surface area contributed by atoms with Gasteiger partial charge in [-0.15, -0.1) is 0 Å². The fourth-order valence-corrected chi connectivity index (χ4v) is 2.88. The lowest BCUT2D eigenvalue weighted by Crippen LogP contribution is -2.47. The Morgan fingerprint density at radius 2 is 2.14 bits per heavy atom. The van der Waals surface area contributed by atoms with Crippen molar-refractivity contribution >= 4 is 11.9 Å². The summed E-state index contributed by atoms with van der Waals surface area (Å²) in [5, 5.41) is 12.3. The maximum Gasteiger partial charge on any atom is 0.335 e. The average molecular weight is 288 g/mol. The van der Waals surface area contributed by atoms with Crippen LogP contribution in [-0.4, -0.2) is 40.5 Å². The van der Waals surface area contributed by atoms with E-state index in [0.717, 1.165) is 30.5 Å². The molecule has 0 radical (unpaired) electrons. The van der Waals surface area contributed by atoms with E-state index in [1.807, 2.05) is 13.0 Å². The van der Waals surface area contributed by atoms with Gasteiger partial charge in [0.15, 0.2) is 0 Å². The van der Waals surface area contributed by atoms with Crippen molar-refractivity contribution in [2.24, 2.45) is 0 Å². The fraction of sp³-hybridized carbons (Fsp3) is 0.500. The minimum atomic E-state index is -0.875. The molecule has 1 aliphatic heterocycles. The average Bonchev–Trinajstić information content (AvgIpc) is 3.28. The summed E-state index contributed by atoms with van der Waals surface area (Å²) in [5.41, 5.74) is 2.32. The van der Waals surface area contributed by atoms with E-state index in [4.69, 9.17) is 0 Å². The smallest absolute Gasteiger partial charge is 0.335 e. The van der Waals surface area contributed by atoms with Crippen LogP contribution < -0.4 is 5.32 Å². The van der Waals surface area contributed by atoms with Gasteiger partial charge in [0.25, 0.3) is 0 Å². The van der Waals surface area contributed by atoms with Gasteiger partial charge < -0.3 is 10.4 Å². The van der Waals surface area contributed by atoms with Crippen LogP contribution in [0.1, 0.15) is 41.3 Å². The zero-order valence-corrected chi connectivity index (χ0v) is 12.1. The quantitative estimate of drug-likeness (QED) is 0.879. The summed E-state index contributed by atoms with van der Waals surface area (Å²) in [6.07, 6.45) is 2.85. The van der Waals surface area contributed by atoms with Crippen LogP contribution in [0.2, 0.25) is 0 Å². The molecule has 112 valence electrons. The zero-order valence-electron chi connectivity index (χ0n) is 12.1. The summed E-state index contributed by atoms with van der Waals surface area (Å²) in [6, 6.07) is 5.59. The molecule has 0 saturated heterocycles. The zero-order chi connectivity index (χ0) is 15.0. The Hall–Kier alpha value is -1.88. The SMILES string of the molecule is CC(C(=O)NC1CC1)N1CCc2c(cccc2C(=O)O)C1. The van der Waals surface area contributed by atoms with E-state index >= 15 is 0 Å². The second-order valence-electron chi connectivity index (χ2n) is 5.93. The Bertz CT molecular complexity index is 581. The van der Waals surface area contributed by atoms with E-state index in [1.165, 1.54) is 0 Å². The maximum atomic E-state index is 12.1. The van der Waals surface area contributed by atoms with E-state index in [9.17, 15) is 14.7 Å². The summed E-state index contributed by atoms with van der Waals surface area (Å²) < 4.78 is 0. The number of fused-ring (bicyclic) bond motifs is 1. The molecule has 1 unspecified atom stereocenters. The number of hydrogen-bond acceptors (Lipinski definition) is 3. The molecular formula is C16H20N2O3. The predicted octanol–water partition coefficient (Wildman–Crippen LogP) is 1.41. The molecular weight excluding hydrogens is 268 g/mol. The number of benzene rings is 1. The van der Waals surface area contributed by atoms with E-state index in [1.54, 1.807) is 12.1 Å². The third-order valence-electron chi connectivity index (χ3n) is 4.38. The van der Waals surface area contributed by atoms with Gasteiger partial charge in [-0.05, 0) is 43.4 Å². The minimum absolute atomic E-state index is 0.0790. The normalized spacial score (nSPS) is 19.7. The van der Waals surface area contributed by atoms with Gasteiger partial charge in [-0.3, -0.25) is 9.69 Å². The van der Waals surface area contributed by atoms with Crippen molar-refractivity contribution in [3.05, 3.63) is 34.9 Å². The second-order valence-corrected chi connectivity index (χ2v) is 5.93. The van der Waals surface area contributed by atoms with Crippen molar-refractivity contribution in [2.45, 2.75) is 44.8 Å². The molecule has 3 rings (SSSR count). The van der Waals surface area contributed by atoms with Crippen LogP contribution in [0.25, 0.3) is 0 Å². The molecule has 1 atom stereocenters. The van der Waals surface area contributed by atoms with E-state index in [2.05, 4.69) is 10.2 Å². The number of nitrogens with zero attached hydrogens (tertiary/aromatic N) is 1. The lowest BCUT2D eigenvalue weighted by Gasteiger charge is -2.33. The van der Waals surface area contributed by atoms with Crippen LogP contribution in [0, 0.1) is 0 Å². The van der Waals surface area contributed by atoms with Gasteiger partial charge in [-0.1, -0.05) is 12.1 Å². The Morgan fingerprint density at radius 1 is 1.38 bits per heavy atom. The number of carboxylic acid groups (broad SMARTS) is 1. The molecule has 5 heteroatoms. The first-order chi connectivity index (χ1) is 10.1. The lowest BCUT2D eigenvalue weighted by atomic mass is 9.93. The standard InChI is InChI=1S/C16H20N2O3/c1-10(15(19)17-12-5-6-12)18-8-7-13-11(9-18)3-2-4-14(13)16(20)21/h2-4,10,12H,5-9H2,1H3,(H,17,19)(H,20,21). The van der Waals surface area contributed by atoms with Crippen molar-refractivity contribution < 1.29 is 14.7 Å². The number of hydrogen-bond donors (Lipinski definition) is 2. The summed E-state index contributed by atoms with van der Waals surface area (Å²) in [6.45, 7) is 3.27. The van der Waals surface area contributed by atoms with Crippen LogP contribution in [0.3, 0.4) is 0 Å². The van der Waals surface area contributed by atoms with Gasteiger partial charge in [-0.25, -0.2) is 4.79 Å². The predicted molar refractivity (Wildman–Crippen MR) is 78.1 cm³/mol. The molecule has 1 fully saturated rings. The number of carbonyl (C=O) groups excluding carboxylic acids is 1. The molecule has 0 aromatic heterocycles. The molecule has 0 spiro atoms. The Kier molecular flexibility index (Phi) is 3.68. The number of carbonyl (C=O) groups is 2. The number of aromatic carboxylic acids is 1. The van der Waals surface area contributed by atoms with Crippen LogP contribution in [0.4, 0.5) is 0 Å². The Balaban J connectivity index is 1.73. The molecule has 1 aromatic carbocycles. The van der Waals surface area contributed by atoms with Crippen LogP contribution in [0.15, 0.2) is 18.2 Å². The van der Waals surface area contributed by atoms with Gasteiger partial charge >= 0.3 is 5.97 Å². The highest BCUT2D eigenvalue weighted by molar-refractivity contribution is 5.90. The highest BCUT2D eigenvalue weighted by Gasteiger charge is 2.30. The molecule has 1 heterocycles. The second kappa shape index (κ2) is 5.48. The van der Waals surface area contributed by atoms with Crippen molar-refractivity contribution in [2.75, 3.05) is 6.54 Å². The first-order valence-corrected chi connectivity index (χ1v) is 7.44. The van der Waals surface area contributed by atoms with Gasteiger partial charge in [0.1, 0.15) is 0 Å². The number of carboxylic acids is 1. The van der Waals surface area contributed by atoms with E-state index in [0.29, 0.717) is 24.6 Å². The van der Waals surface area contributed by atoms with Gasteiger partial charge in [-0.2, -0.15) is 0 Å². The Morgan fingerprint density at radius 3 is 2.81 bits per heavy atom. The molecule has 1 saturated carbocycles. The summed E-state index contributed by atoms with van der Waals surface area (Å²) in [4.78, 5) is 25.5. The minimum Gasteiger partial charge on any atom is -0.478 e. The maximum absolute atomic E-state index is 12.1. The number of rotatable bonds is 4. The van der Waals surface area contributed by atoms with Crippen molar-refractivity contribution in [3.8, 4) is 0 Å². The Labute approximate surface area is 123 Å². The molecule has 1 aromatic rings. The van der Waals surface area contributed by atoms with Crippen LogP contribution in [0.5, 0.6) is 0 Å². The lowest BCUT2D eigenvalue weighted by molar-refractivity contribution is -0.126.